The number of halogens is 1. The third-order valence-corrected chi connectivity index (χ3v) is 3.60. The van der Waals surface area contributed by atoms with E-state index in [1.54, 1.807) is 6.92 Å². The number of carbonyl (C=O) groups is 4. The molecule has 0 aromatic heterocycles. The van der Waals surface area contributed by atoms with Crippen molar-refractivity contribution in [2.45, 2.75) is 13.5 Å². The molecule has 0 spiro atoms. The number of ether oxygens (including phenoxy) is 1. The second-order valence-corrected chi connectivity index (χ2v) is 5.32. The van der Waals surface area contributed by atoms with Gasteiger partial charge in [0.1, 0.15) is 11.6 Å². The summed E-state index contributed by atoms with van der Waals surface area (Å²) in [6.07, 6.45) is 0. The van der Waals surface area contributed by atoms with Crippen LogP contribution in [0.3, 0.4) is 0 Å². The van der Waals surface area contributed by atoms with Crippen LogP contribution in [0.4, 0.5) is 10.5 Å². The minimum Gasteiger partial charge on any atom is -0.465 e. The van der Waals surface area contributed by atoms with Gasteiger partial charge < -0.3 is 4.74 Å². The molecule has 4 amide bonds. The van der Waals surface area contributed by atoms with E-state index in [0.29, 0.717) is 9.80 Å². The third kappa shape index (κ3) is 3.74. The van der Waals surface area contributed by atoms with Crippen molar-refractivity contribution in [3.63, 3.8) is 0 Å². The minimum atomic E-state index is -1.17. The molecule has 0 bridgehead atoms. The van der Waals surface area contributed by atoms with Crippen molar-refractivity contribution in [1.29, 1.82) is 0 Å². The molecule has 2 rings (SSSR count). The van der Waals surface area contributed by atoms with Crippen molar-refractivity contribution < 1.29 is 28.8 Å². The number of imide groups is 2. The van der Waals surface area contributed by atoms with Crippen molar-refractivity contribution in [3.8, 4) is 0 Å². The van der Waals surface area contributed by atoms with Gasteiger partial charge in [-0.3, -0.25) is 29.4 Å². The maximum Gasteiger partial charge on any atom is 0.335 e. The molecule has 1 aliphatic rings. The van der Waals surface area contributed by atoms with Crippen molar-refractivity contribution >= 4 is 41.1 Å². The van der Waals surface area contributed by atoms with E-state index in [4.69, 9.17) is 11.6 Å². The van der Waals surface area contributed by atoms with Gasteiger partial charge in [0.2, 0.25) is 0 Å². The molecule has 1 aromatic rings. The monoisotopic (exact) mass is 369 g/mol. The van der Waals surface area contributed by atoms with Gasteiger partial charge in [-0.1, -0.05) is 17.7 Å². The van der Waals surface area contributed by atoms with Gasteiger partial charge in [0.15, 0.2) is 0 Å². The van der Waals surface area contributed by atoms with Crippen molar-refractivity contribution in [2.75, 3.05) is 13.2 Å². The van der Waals surface area contributed by atoms with Crippen LogP contribution in [0.1, 0.15) is 12.5 Å². The first-order chi connectivity index (χ1) is 11.8. The number of benzene rings is 1. The number of amides is 4. The highest BCUT2D eigenvalue weighted by atomic mass is 35.5. The van der Waals surface area contributed by atoms with Crippen LogP contribution in [0.25, 0.3) is 0 Å². The molecule has 1 aromatic carbocycles. The van der Waals surface area contributed by atoms with E-state index in [1.807, 2.05) is 0 Å². The van der Waals surface area contributed by atoms with E-state index < -0.39 is 41.0 Å². The van der Waals surface area contributed by atoms with E-state index in [1.165, 1.54) is 12.1 Å². The Bertz CT molecular complexity index is 780. The largest absolute Gasteiger partial charge is 0.465 e. The van der Waals surface area contributed by atoms with Gasteiger partial charge >= 0.3 is 23.8 Å². The number of nitrogens with zero attached hydrogens (tertiary/aromatic N) is 3. The molecule has 1 heterocycles. The highest BCUT2D eigenvalue weighted by molar-refractivity contribution is 6.44. The Morgan fingerprint density at radius 3 is 2.48 bits per heavy atom. The van der Waals surface area contributed by atoms with Crippen LogP contribution in [0.2, 0.25) is 5.02 Å². The predicted octanol–water partition coefficient (Wildman–Crippen LogP) is 1.10. The van der Waals surface area contributed by atoms with Crippen LogP contribution in [-0.2, 0) is 25.7 Å². The lowest BCUT2D eigenvalue weighted by atomic mass is 10.2. The van der Waals surface area contributed by atoms with E-state index in [-0.39, 0.29) is 23.7 Å². The lowest BCUT2D eigenvalue weighted by molar-refractivity contribution is -0.384. The highest BCUT2D eigenvalue weighted by Gasteiger charge is 2.45. The zero-order chi connectivity index (χ0) is 18.7. The summed E-state index contributed by atoms with van der Waals surface area (Å²) in [5.41, 5.74) is -0.170. The fraction of sp³-hybridized carbons (Fsp3) is 0.286. The quantitative estimate of drug-likeness (QED) is 0.241. The van der Waals surface area contributed by atoms with Crippen LogP contribution in [0.5, 0.6) is 0 Å². The molecule has 1 aliphatic heterocycles. The van der Waals surface area contributed by atoms with E-state index in [2.05, 4.69) is 4.74 Å². The maximum absolute atomic E-state index is 12.2. The van der Waals surface area contributed by atoms with Crippen molar-refractivity contribution in [2.24, 2.45) is 0 Å². The second-order valence-electron chi connectivity index (χ2n) is 4.91. The third-order valence-electron chi connectivity index (χ3n) is 3.28. The fourth-order valence-electron chi connectivity index (χ4n) is 2.14. The van der Waals surface area contributed by atoms with Crippen LogP contribution < -0.4 is 0 Å². The summed E-state index contributed by atoms with van der Waals surface area (Å²) in [6.45, 7) is 0.548. The number of nitro groups is 1. The van der Waals surface area contributed by atoms with Gasteiger partial charge in [-0.05, 0) is 18.6 Å². The second kappa shape index (κ2) is 7.26. The summed E-state index contributed by atoms with van der Waals surface area (Å²) < 4.78 is 4.64. The summed E-state index contributed by atoms with van der Waals surface area (Å²) in [6, 6.07) is 2.73. The summed E-state index contributed by atoms with van der Waals surface area (Å²) >= 11 is 5.70. The molecule has 1 saturated heterocycles. The SMILES string of the molecule is CCOC(=O)CN1C(=O)C(=O)N(Cc2ccc(Cl)c([N+](=O)[O-])c2)C1=O. The van der Waals surface area contributed by atoms with Gasteiger partial charge in [0.25, 0.3) is 5.69 Å². The van der Waals surface area contributed by atoms with Gasteiger partial charge in [0.05, 0.1) is 18.1 Å². The Morgan fingerprint density at radius 1 is 1.24 bits per heavy atom. The van der Waals surface area contributed by atoms with Gasteiger partial charge in [-0.25, -0.2) is 9.69 Å². The lowest BCUT2D eigenvalue weighted by Crippen LogP contribution is -2.37. The van der Waals surface area contributed by atoms with Crippen LogP contribution in [0, 0.1) is 10.1 Å². The molecule has 0 aliphatic carbocycles. The molecular weight excluding hydrogens is 358 g/mol. The Labute approximate surface area is 146 Å². The molecule has 25 heavy (non-hydrogen) atoms. The van der Waals surface area contributed by atoms with E-state index >= 15 is 0 Å². The van der Waals surface area contributed by atoms with Gasteiger partial charge in [-0.2, -0.15) is 0 Å². The van der Waals surface area contributed by atoms with Gasteiger partial charge in [-0.15, -0.1) is 0 Å². The Morgan fingerprint density at radius 2 is 1.88 bits per heavy atom. The van der Waals surface area contributed by atoms with Crippen molar-refractivity contribution in [1.82, 2.24) is 9.80 Å². The van der Waals surface area contributed by atoms with Crippen molar-refractivity contribution in [3.05, 3.63) is 38.9 Å². The Kier molecular flexibility index (Phi) is 5.32. The van der Waals surface area contributed by atoms with Crippen LogP contribution in [-0.4, -0.2) is 51.7 Å². The zero-order valence-electron chi connectivity index (χ0n) is 12.9. The Hall–Kier alpha value is -3.01. The molecule has 1 fully saturated rings. The Balaban J connectivity index is 2.20. The molecule has 0 atom stereocenters. The molecule has 132 valence electrons. The highest BCUT2D eigenvalue weighted by Crippen LogP contribution is 2.26. The number of rotatable bonds is 6. The first kappa shape index (κ1) is 18.3. The molecule has 10 nitrogen and oxygen atoms in total. The number of urea groups is 1. The average Bonchev–Trinajstić information content (AvgIpc) is 2.74. The summed E-state index contributed by atoms with van der Waals surface area (Å²) in [5, 5.41) is 10.8. The summed E-state index contributed by atoms with van der Waals surface area (Å²) in [5.74, 6) is -3.13. The maximum atomic E-state index is 12.2. The standard InChI is InChI=1S/C14H12ClN3O7/c1-2-25-11(19)7-17-13(21)12(20)16(14(17)22)6-8-3-4-9(15)10(5-8)18(23)24/h3-5H,2,6-7H2,1H3. The zero-order valence-corrected chi connectivity index (χ0v) is 13.7. The normalized spacial score (nSPS) is 14.2. The fourth-order valence-corrected chi connectivity index (χ4v) is 2.33. The summed E-state index contributed by atoms with van der Waals surface area (Å²) in [7, 11) is 0. The molecule has 0 saturated carbocycles. The molecular formula is C14H12ClN3O7. The average molecular weight is 370 g/mol. The number of nitro benzene ring substituents is 1. The molecule has 0 unspecified atom stereocenters. The first-order valence-electron chi connectivity index (χ1n) is 7.02. The molecule has 11 heteroatoms. The molecule has 0 radical (unpaired) electrons. The smallest absolute Gasteiger partial charge is 0.335 e. The van der Waals surface area contributed by atoms with E-state index in [0.717, 1.165) is 6.07 Å². The molecule has 0 N–H and O–H groups in total. The van der Waals surface area contributed by atoms with E-state index in [9.17, 15) is 29.3 Å². The lowest BCUT2D eigenvalue weighted by Gasteiger charge is -2.15. The van der Waals surface area contributed by atoms with Crippen LogP contribution >= 0.6 is 11.6 Å². The first-order valence-corrected chi connectivity index (χ1v) is 7.39. The predicted molar refractivity (Wildman–Crippen MR) is 82.4 cm³/mol. The number of carbonyl (C=O) groups excluding carboxylic acids is 4. The number of hydrogen-bond donors (Lipinski definition) is 0. The van der Waals surface area contributed by atoms with Crippen LogP contribution in [0.15, 0.2) is 18.2 Å². The van der Waals surface area contributed by atoms with Gasteiger partial charge in [0, 0.05) is 6.07 Å². The number of hydrogen-bond acceptors (Lipinski definition) is 7. The minimum absolute atomic E-state index is 0.0567. The number of esters is 1. The topological polar surface area (TPSA) is 127 Å². The summed E-state index contributed by atoms with van der Waals surface area (Å²) in [4.78, 5) is 58.7.